The van der Waals surface area contributed by atoms with Gasteiger partial charge in [0.05, 0.1) is 0 Å². The molecule has 0 bridgehead atoms. The maximum absolute atomic E-state index is 5.55. The van der Waals surface area contributed by atoms with E-state index in [1.54, 1.807) is 0 Å². The number of hydrogen-bond donors (Lipinski definition) is 1. The summed E-state index contributed by atoms with van der Waals surface area (Å²) in [5.74, 6) is 0.705. The van der Waals surface area contributed by atoms with Gasteiger partial charge in [0.2, 0.25) is 5.88 Å². The first-order valence-corrected chi connectivity index (χ1v) is 6.18. The minimum absolute atomic E-state index is 0.578. The zero-order valence-electron chi connectivity index (χ0n) is 11.0. The van der Waals surface area contributed by atoms with E-state index in [0.29, 0.717) is 12.5 Å². The Hall–Kier alpha value is -1.35. The highest BCUT2D eigenvalue weighted by Crippen LogP contribution is 2.12. The number of aryl methyl sites for hydroxylation is 1. The summed E-state index contributed by atoms with van der Waals surface area (Å²) in [5.41, 5.74) is 2.22. The zero-order valence-corrected chi connectivity index (χ0v) is 11.0. The first kappa shape index (κ1) is 13.7. The highest BCUT2D eigenvalue weighted by atomic mass is 16.5. The Morgan fingerprint density at radius 1 is 1.41 bits per heavy atom. The molecule has 0 spiro atoms. The summed E-state index contributed by atoms with van der Waals surface area (Å²) < 4.78 is 5.55. The van der Waals surface area contributed by atoms with Gasteiger partial charge < -0.3 is 10.1 Å². The normalized spacial score (nSPS) is 11.0. The lowest BCUT2D eigenvalue weighted by Gasteiger charge is -2.08. The quantitative estimate of drug-likeness (QED) is 0.582. The molecule has 3 nitrogen and oxygen atoms in total. The molecule has 17 heavy (non-hydrogen) atoms. The van der Waals surface area contributed by atoms with Gasteiger partial charge in [-0.1, -0.05) is 19.1 Å². The predicted molar refractivity (Wildman–Crippen MR) is 71.3 cm³/mol. The third-order valence-corrected chi connectivity index (χ3v) is 2.31. The number of aromatic nitrogens is 1. The molecule has 0 radical (unpaired) electrons. The molecule has 0 aromatic carbocycles. The van der Waals surface area contributed by atoms with E-state index >= 15 is 0 Å². The summed E-state index contributed by atoms with van der Waals surface area (Å²) in [4.78, 5) is 4.35. The van der Waals surface area contributed by atoms with Gasteiger partial charge in [0.25, 0.3) is 0 Å². The van der Waals surface area contributed by atoms with E-state index in [-0.39, 0.29) is 0 Å². The number of pyridine rings is 1. The van der Waals surface area contributed by atoms with Crippen LogP contribution in [-0.4, -0.2) is 18.1 Å². The summed E-state index contributed by atoms with van der Waals surface area (Å²) >= 11 is 0. The molecule has 0 saturated carbocycles. The Balaban J connectivity index is 2.58. The zero-order chi connectivity index (χ0) is 12.5. The van der Waals surface area contributed by atoms with Crippen molar-refractivity contribution in [3.8, 4) is 5.88 Å². The maximum atomic E-state index is 5.55. The maximum Gasteiger partial charge on any atom is 0.214 e. The minimum atomic E-state index is 0.578. The smallest absolute Gasteiger partial charge is 0.214 e. The number of ether oxygens (including phenoxy) is 1. The monoisotopic (exact) mass is 234 g/mol. The van der Waals surface area contributed by atoms with Crippen LogP contribution in [-0.2, 0) is 6.54 Å². The average molecular weight is 234 g/mol. The Labute approximate surface area is 104 Å². The molecule has 0 saturated heterocycles. The Kier molecular flexibility index (Phi) is 6.33. The molecule has 0 fully saturated rings. The van der Waals surface area contributed by atoms with Gasteiger partial charge in [-0.05, 0) is 38.4 Å². The molecule has 0 amide bonds. The van der Waals surface area contributed by atoms with Gasteiger partial charge in [-0.3, -0.25) is 0 Å². The molecule has 1 N–H and O–H groups in total. The van der Waals surface area contributed by atoms with E-state index in [2.05, 4.69) is 23.3 Å². The standard InChI is InChI=1S/C14H22N2O/c1-4-6-8-17-14-10-13(9-12(3)16-14)11-15-7-5-2/h4,6,9-10,15H,5,7-8,11H2,1-3H3/b6-4+. The number of allylic oxidation sites excluding steroid dienone is 1. The summed E-state index contributed by atoms with van der Waals surface area (Å²) in [6, 6.07) is 4.09. The molecule has 0 unspecified atom stereocenters. The van der Waals surface area contributed by atoms with Crippen molar-refractivity contribution in [3.05, 3.63) is 35.5 Å². The summed E-state index contributed by atoms with van der Waals surface area (Å²) in [6.07, 6.45) is 5.09. The van der Waals surface area contributed by atoms with Crippen molar-refractivity contribution < 1.29 is 4.74 Å². The van der Waals surface area contributed by atoms with Gasteiger partial charge in [0.15, 0.2) is 0 Å². The fourth-order valence-electron chi connectivity index (χ4n) is 1.52. The summed E-state index contributed by atoms with van der Waals surface area (Å²) in [7, 11) is 0. The second kappa shape index (κ2) is 7.85. The molecule has 0 aliphatic heterocycles. The van der Waals surface area contributed by atoms with Crippen LogP contribution in [0.25, 0.3) is 0 Å². The molecule has 0 aliphatic carbocycles. The molecule has 1 heterocycles. The molecule has 3 heteroatoms. The van der Waals surface area contributed by atoms with Crippen molar-refractivity contribution in [2.45, 2.75) is 33.7 Å². The van der Waals surface area contributed by atoms with Crippen molar-refractivity contribution in [2.24, 2.45) is 0 Å². The van der Waals surface area contributed by atoms with Crippen molar-refractivity contribution in [1.29, 1.82) is 0 Å². The van der Waals surface area contributed by atoms with E-state index in [1.807, 2.05) is 32.1 Å². The second-order valence-electron chi connectivity index (χ2n) is 4.01. The van der Waals surface area contributed by atoms with Crippen molar-refractivity contribution in [3.63, 3.8) is 0 Å². The first-order valence-electron chi connectivity index (χ1n) is 6.18. The van der Waals surface area contributed by atoms with Gasteiger partial charge >= 0.3 is 0 Å². The van der Waals surface area contributed by atoms with Crippen molar-refractivity contribution in [2.75, 3.05) is 13.2 Å². The molecule has 1 aromatic heterocycles. The Bertz CT molecular complexity index is 361. The van der Waals surface area contributed by atoms with E-state index in [0.717, 1.165) is 25.2 Å². The third kappa shape index (κ3) is 5.50. The summed E-state index contributed by atoms with van der Waals surface area (Å²) in [5, 5.41) is 3.38. The second-order valence-corrected chi connectivity index (χ2v) is 4.01. The fraction of sp³-hybridized carbons (Fsp3) is 0.500. The van der Waals surface area contributed by atoms with Gasteiger partial charge in [-0.15, -0.1) is 0 Å². The van der Waals surface area contributed by atoms with Crippen LogP contribution >= 0.6 is 0 Å². The Morgan fingerprint density at radius 2 is 2.24 bits per heavy atom. The molecular formula is C14H22N2O. The minimum Gasteiger partial charge on any atom is -0.473 e. The predicted octanol–water partition coefficient (Wildman–Crippen LogP) is 2.84. The SMILES string of the molecule is C/C=C/COc1cc(CNCCC)cc(C)n1. The van der Waals surface area contributed by atoms with Gasteiger partial charge in [0.1, 0.15) is 6.61 Å². The largest absolute Gasteiger partial charge is 0.473 e. The molecule has 0 atom stereocenters. The van der Waals surface area contributed by atoms with E-state index in [4.69, 9.17) is 4.74 Å². The first-order chi connectivity index (χ1) is 8.26. The van der Waals surface area contributed by atoms with Gasteiger partial charge in [0, 0.05) is 18.3 Å². The molecule has 1 aromatic rings. The van der Waals surface area contributed by atoms with Crippen LogP contribution in [0.4, 0.5) is 0 Å². The number of hydrogen-bond acceptors (Lipinski definition) is 3. The van der Waals surface area contributed by atoms with Crippen LogP contribution in [0.2, 0.25) is 0 Å². The number of nitrogens with one attached hydrogen (secondary N) is 1. The van der Waals surface area contributed by atoms with Crippen LogP contribution in [0.15, 0.2) is 24.3 Å². The molecule has 94 valence electrons. The summed E-state index contributed by atoms with van der Waals surface area (Å²) in [6.45, 7) is 8.62. The fourth-order valence-corrected chi connectivity index (χ4v) is 1.52. The van der Waals surface area contributed by atoms with E-state index in [1.165, 1.54) is 5.56 Å². The van der Waals surface area contributed by atoms with Crippen molar-refractivity contribution in [1.82, 2.24) is 10.3 Å². The lowest BCUT2D eigenvalue weighted by molar-refractivity contribution is 0.347. The van der Waals surface area contributed by atoms with Crippen LogP contribution in [0.3, 0.4) is 0 Å². The highest BCUT2D eigenvalue weighted by molar-refractivity contribution is 5.24. The van der Waals surface area contributed by atoms with Crippen molar-refractivity contribution >= 4 is 0 Å². The molecular weight excluding hydrogens is 212 g/mol. The molecule has 0 aliphatic rings. The lowest BCUT2D eigenvalue weighted by Crippen LogP contribution is -2.14. The molecule has 1 rings (SSSR count). The van der Waals surface area contributed by atoms with E-state index in [9.17, 15) is 0 Å². The van der Waals surface area contributed by atoms with Crippen LogP contribution < -0.4 is 10.1 Å². The van der Waals surface area contributed by atoms with E-state index < -0.39 is 0 Å². The number of rotatable bonds is 7. The topological polar surface area (TPSA) is 34.1 Å². The van der Waals surface area contributed by atoms with Crippen LogP contribution in [0.1, 0.15) is 31.5 Å². The van der Waals surface area contributed by atoms with Gasteiger partial charge in [-0.2, -0.15) is 0 Å². The van der Waals surface area contributed by atoms with Crippen LogP contribution in [0.5, 0.6) is 5.88 Å². The highest BCUT2D eigenvalue weighted by Gasteiger charge is 2.00. The lowest BCUT2D eigenvalue weighted by atomic mass is 10.2. The Morgan fingerprint density at radius 3 is 2.94 bits per heavy atom. The third-order valence-electron chi connectivity index (χ3n) is 2.31. The van der Waals surface area contributed by atoms with Gasteiger partial charge in [-0.25, -0.2) is 4.98 Å². The average Bonchev–Trinajstić information content (AvgIpc) is 2.29. The number of nitrogens with zero attached hydrogens (tertiary/aromatic N) is 1. The van der Waals surface area contributed by atoms with Crippen LogP contribution in [0, 0.1) is 6.92 Å².